The highest BCUT2D eigenvalue weighted by Crippen LogP contribution is 2.25. The Morgan fingerprint density at radius 1 is 0.773 bits per heavy atom. The fourth-order valence-electron chi connectivity index (χ4n) is 3.54. The van der Waals surface area contributed by atoms with E-state index in [-0.39, 0.29) is 0 Å². The molecule has 0 N–H and O–H groups in total. The van der Waals surface area contributed by atoms with Crippen molar-refractivity contribution in [3.8, 4) is 0 Å². The zero-order chi connectivity index (χ0) is 14.8. The first-order chi connectivity index (χ1) is 10.9. The van der Waals surface area contributed by atoms with Gasteiger partial charge in [0.2, 0.25) is 0 Å². The number of anilines is 1. The van der Waals surface area contributed by atoms with Gasteiger partial charge in [-0.2, -0.15) is 0 Å². The van der Waals surface area contributed by atoms with Gasteiger partial charge in [-0.25, -0.2) is 0 Å². The number of hydrogen-bond acceptors (Lipinski definition) is 2. The standard InChI is InChI=1S/C20H22N2/c1-2-8-20(9-3-1)22-12-10-21(11-13-22)16-17-14-18-6-4-5-7-19(18)15-17/h1-9,14H,10-13,15-16H2. The number of nitrogens with zero attached hydrogens (tertiary/aromatic N) is 2. The van der Waals surface area contributed by atoms with Crippen molar-refractivity contribution in [3.63, 3.8) is 0 Å². The highest BCUT2D eigenvalue weighted by atomic mass is 15.3. The molecule has 1 fully saturated rings. The molecule has 4 rings (SSSR count). The van der Waals surface area contributed by atoms with Crippen LogP contribution >= 0.6 is 0 Å². The average molecular weight is 290 g/mol. The normalized spacial score (nSPS) is 18.2. The highest BCUT2D eigenvalue weighted by molar-refractivity contribution is 5.63. The lowest BCUT2D eigenvalue weighted by Crippen LogP contribution is -2.46. The molecule has 1 aliphatic carbocycles. The van der Waals surface area contributed by atoms with Gasteiger partial charge < -0.3 is 4.90 Å². The van der Waals surface area contributed by atoms with Crippen LogP contribution in [-0.4, -0.2) is 37.6 Å². The lowest BCUT2D eigenvalue weighted by atomic mass is 10.1. The van der Waals surface area contributed by atoms with Crippen LogP contribution in [0.25, 0.3) is 6.08 Å². The Morgan fingerprint density at radius 3 is 2.27 bits per heavy atom. The molecule has 0 saturated carbocycles. The molecule has 1 heterocycles. The second-order valence-corrected chi connectivity index (χ2v) is 6.28. The average Bonchev–Trinajstić information content (AvgIpc) is 2.98. The van der Waals surface area contributed by atoms with E-state index in [1.165, 1.54) is 16.8 Å². The summed E-state index contributed by atoms with van der Waals surface area (Å²) in [6.45, 7) is 5.69. The Kier molecular flexibility index (Phi) is 3.69. The van der Waals surface area contributed by atoms with Gasteiger partial charge in [-0.3, -0.25) is 4.90 Å². The molecule has 0 bridgehead atoms. The summed E-state index contributed by atoms with van der Waals surface area (Å²) in [5.74, 6) is 0. The Bertz CT molecular complexity index is 667. The quantitative estimate of drug-likeness (QED) is 0.854. The van der Waals surface area contributed by atoms with Crippen molar-refractivity contribution in [2.24, 2.45) is 0 Å². The van der Waals surface area contributed by atoms with E-state index in [1.807, 2.05) is 0 Å². The largest absolute Gasteiger partial charge is 0.369 e. The Labute approximate surface area is 132 Å². The van der Waals surface area contributed by atoms with Crippen molar-refractivity contribution in [1.29, 1.82) is 0 Å². The first kappa shape index (κ1) is 13.6. The van der Waals surface area contributed by atoms with Gasteiger partial charge in [0.1, 0.15) is 0 Å². The summed E-state index contributed by atoms with van der Waals surface area (Å²) in [7, 11) is 0. The summed E-state index contributed by atoms with van der Waals surface area (Å²) in [5, 5.41) is 0. The van der Waals surface area contributed by atoms with Crippen LogP contribution in [0.4, 0.5) is 5.69 Å². The van der Waals surface area contributed by atoms with Crippen LogP contribution in [0.15, 0.2) is 60.2 Å². The van der Waals surface area contributed by atoms with Gasteiger partial charge in [0.25, 0.3) is 0 Å². The number of para-hydroxylation sites is 1. The maximum atomic E-state index is 2.59. The summed E-state index contributed by atoms with van der Waals surface area (Å²) in [6.07, 6.45) is 3.52. The molecule has 2 aliphatic rings. The third-order valence-corrected chi connectivity index (χ3v) is 4.75. The van der Waals surface area contributed by atoms with Crippen molar-refractivity contribution in [2.45, 2.75) is 6.42 Å². The molecule has 0 atom stereocenters. The zero-order valence-corrected chi connectivity index (χ0v) is 12.9. The molecule has 1 saturated heterocycles. The predicted molar refractivity (Wildman–Crippen MR) is 93.2 cm³/mol. The molecule has 22 heavy (non-hydrogen) atoms. The molecule has 0 spiro atoms. The van der Waals surface area contributed by atoms with Gasteiger partial charge in [-0.05, 0) is 29.7 Å². The van der Waals surface area contributed by atoms with E-state index in [9.17, 15) is 0 Å². The van der Waals surface area contributed by atoms with Crippen LogP contribution in [0.3, 0.4) is 0 Å². The van der Waals surface area contributed by atoms with Crippen molar-refractivity contribution in [3.05, 3.63) is 71.3 Å². The topological polar surface area (TPSA) is 6.48 Å². The van der Waals surface area contributed by atoms with E-state index in [4.69, 9.17) is 0 Å². The minimum Gasteiger partial charge on any atom is -0.369 e. The molecule has 2 aromatic rings. The van der Waals surface area contributed by atoms with Crippen LogP contribution in [0.1, 0.15) is 11.1 Å². The van der Waals surface area contributed by atoms with Gasteiger partial charge in [0.05, 0.1) is 0 Å². The van der Waals surface area contributed by atoms with Crippen molar-refractivity contribution in [1.82, 2.24) is 4.90 Å². The fourth-order valence-corrected chi connectivity index (χ4v) is 3.54. The van der Waals surface area contributed by atoms with E-state index >= 15 is 0 Å². The molecule has 2 aromatic carbocycles. The zero-order valence-electron chi connectivity index (χ0n) is 12.9. The van der Waals surface area contributed by atoms with Crippen LogP contribution in [0, 0.1) is 0 Å². The van der Waals surface area contributed by atoms with E-state index in [1.54, 1.807) is 5.57 Å². The number of piperazine rings is 1. The molecule has 0 aromatic heterocycles. The van der Waals surface area contributed by atoms with Crippen molar-refractivity contribution < 1.29 is 0 Å². The molecule has 2 heteroatoms. The first-order valence-electron chi connectivity index (χ1n) is 8.18. The Hall–Kier alpha value is -2.06. The monoisotopic (exact) mass is 290 g/mol. The van der Waals surface area contributed by atoms with E-state index in [0.717, 1.165) is 39.1 Å². The number of fused-ring (bicyclic) bond motifs is 1. The van der Waals surface area contributed by atoms with Gasteiger partial charge in [-0.15, -0.1) is 0 Å². The lowest BCUT2D eigenvalue weighted by molar-refractivity contribution is 0.278. The van der Waals surface area contributed by atoms with Gasteiger partial charge >= 0.3 is 0 Å². The maximum Gasteiger partial charge on any atom is 0.0367 e. The third kappa shape index (κ3) is 2.79. The molecule has 1 aliphatic heterocycles. The first-order valence-corrected chi connectivity index (χ1v) is 8.18. The summed E-state index contributed by atoms with van der Waals surface area (Å²) in [5.41, 5.74) is 5.82. The smallest absolute Gasteiger partial charge is 0.0367 e. The summed E-state index contributed by atoms with van der Waals surface area (Å²) < 4.78 is 0. The summed E-state index contributed by atoms with van der Waals surface area (Å²) in [4.78, 5) is 5.09. The minimum absolute atomic E-state index is 1.12. The molecule has 0 amide bonds. The van der Waals surface area contributed by atoms with E-state index in [2.05, 4.69) is 70.5 Å². The molecular formula is C20H22N2. The molecule has 0 radical (unpaired) electrons. The van der Waals surface area contributed by atoms with Crippen molar-refractivity contribution in [2.75, 3.05) is 37.6 Å². The molecular weight excluding hydrogens is 268 g/mol. The van der Waals surface area contributed by atoms with Crippen LogP contribution < -0.4 is 4.90 Å². The summed E-state index contributed by atoms with van der Waals surface area (Å²) >= 11 is 0. The second kappa shape index (κ2) is 5.98. The predicted octanol–water partition coefficient (Wildman–Crippen LogP) is 3.45. The Balaban J connectivity index is 1.34. The lowest BCUT2D eigenvalue weighted by Gasteiger charge is -2.36. The van der Waals surface area contributed by atoms with Gasteiger partial charge in [0.15, 0.2) is 0 Å². The summed E-state index contributed by atoms with van der Waals surface area (Å²) in [6, 6.07) is 19.5. The number of hydrogen-bond donors (Lipinski definition) is 0. The molecule has 0 unspecified atom stereocenters. The molecule has 2 nitrogen and oxygen atoms in total. The van der Waals surface area contributed by atoms with Crippen LogP contribution in [0.5, 0.6) is 0 Å². The second-order valence-electron chi connectivity index (χ2n) is 6.28. The van der Waals surface area contributed by atoms with Gasteiger partial charge in [-0.1, -0.05) is 54.1 Å². The van der Waals surface area contributed by atoms with E-state index < -0.39 is 0 Å². The molecule has 112 valence electrons. The number of benzene rings is 2. The van der Waals surface area contributed by atoms with Crippen LogP contribution in [0.2, 0.25) is 0 Å². The minimum atomic E-state index is 1.12. The highest BCUT2D eigenvalue weighted by Gasteiger charge is 2.20. The van der Waals surface area contributed by atoms with E-state index in [0.29, 0.717) is 0 Å². The van der Waals surface area contributed by atoms with Gasteiger partial charge in [0, 0.05) is 38.4 Å². The number of rotatable bonds is 3. The Morgan fingerprint density at radius 2 is 1.50 bits per heavy atom. The third-order valence-electron chi connectivity index (χ3n) is 4.75. The van der Waals surface area contributed by atoms with Crippen molar-refractivity contribution >= 4 is 11.8 Å². The van der Waals surface area contributed by atoms with Crippen LogP contribution in [-0.2, 0) is 6.42 Å². The maximum absolute atomic E-state index is 2.59. The fraction of sp³-hybridized carbons (Fsp3) is 0.300. The SMILES string of the molecule is C1=C(CN2CCN(c3ccccc3)CC2)Cc2ccccc21.